The molecule has 1 atom stereocenters. The summed E-state index contributed by atoms with van der Waals surface area (Å²) in [6, 6.07) is 6.36. The second-order valence-electron chi connectivity index (χ2n) is 4.76. The molecule has 0 saturated carbocycles. The highest BCUT2D eigenvalue weighted by Crippen LogP contribution is 2.33. The van der Waals surface area contributed by atoms with Crippen LogP contribution in [0.4, 0.5) is 5.69 Å². The molecule has 3 nitrogen and oxygen atoms in total. The smallest absolute Gasteiger partial charge is 0.143 e. The number of hydrogen-bond acceptors (Lipinski definition) is 3. The third-order valence-corrected chi connectivity index (χ3v) is 3.45. The molecule has 2 aliphatic rings. The van der Waals surface area contributed by atoms with Crippen LogP contribution in [0.15, 0.2) is 18.2 Å². The Bertz CT molecular complexity index is 392. The number of hydrogen-bond donors (Lipinski definition) is 1. The average Bonchev–Trinajstić information content (AvgIpc) is 2.87. The fourth-order valence-electron chi connectivity index (χ4n) is 2.58. The summed E-state index contributed by atoms with van der Waals surface area (Å²) in [5, 5.41) is 3.42. The maximum Gasteiger partial charge on any atom is 0.143 e. The standard InChI is InChI=1S/C13H18N2O/c1-15-8-6-11(9-15)16-12-4-2-3-10-5-7-14-13(10)12/h2-4,11,14H,5-9H2,1H3. The largest absolute Gasteiger partial charge is 0.487 e. The molecule has 0 spiro atoms. The Kier molecular flexibility index (Phi) is 2.48. The third kappa shape index (κ3) is 1.76. The molecule has 0 radical (unpaired) electrons. The van der Waals surface area contributed by atoms with Gasteiger partial charge in [-0.25, -0.2) is 0 Å². The van der Waals surface area contributed by atoms with E-state index in [-0.39, 0.29) is 0 Å². The van der Waals surface area contributed by atoms with Gasteiger partial charge in [-0.1, -0.05) is 12.1 Å². The zero-order valence-electron chi connectivity index (χ0n) is 9.70. The molecule has 0 aliphatic carbocycles. The van der Waals surface area contributed by atoms with E-state index >= 15 is 0 Å². The lowest BCUT2D eigenvalue weighted by molar-refractivity contribution is 0.209. The van der Waals surface area contributed by atoms with Gasteiger partial charge in [-0.05, 0) is 31.5 Å². The van der Waals surface area contributed by atoms with Crippen molar-refractivity contribution in [3.63, 3.8) is 0 Å². The van der Waals surface area contributed by atoms with E-state index in [1.807, 2.05) is 0 Å². The summed E-state index contributed by atoms with van der Waals surface area (Å²) in [5.74, 6) is 1.04. The summed E-state index contributed by atoms with van der Waals surface area (Å²) in [6.07, 6.45) is 2.62. The van der Waals surface area contributed by atoms with Crippen molar-refractivity contribution in [2.45, 2.75) is 18.9 Å². The molecule has 1 aromatic rings. The normalized spacial score (nSPS) is 24.2. The molecule has 16 heavy (non-hydrogen) atoms. The van der Waals surface area contributed by atoms with Crippen molar-refractivity contribution in [1.82, 2.24) is 4.90 Å². The Morgan fingerprint density at radius 3 is 3.19 bits per heavy atom. The molecule has 1 saturated heterocycles. The van der Waals surface area contributed by atoms with Crippen molar-refractivity contribution in [1.29, 1.82) is 0 Å². The molecule has 0 amide bonds. The first kappa shape index (κ1) is 9.97. The summed E-state index contributed by atoms with van der Waals surface area (Å²) in [6.45, 7) is 3.23. The van der Waals surface area contributed by atoms with Crippen LogP contribution >= 0.6 is 0 Å². The maximum absolute atomic E-state index is 6.08. The molecule has 1 fully saturated rings. The van der Waals surface area contributed by atoms with Crippen molar-refractivity contribution in [3.05, 3.63) is 23.8 Å². The Labute approximate surface area is 96.4 Å². The molecule has 1 aromatic carbocycles. The van der Waals surface area contributed by atoms with E-state index in [1.165, 1.54) is 11.3 Å². The molecule has 2 aliphatic heterocycles. The Balaban J connectivity index is 1.77. The van der Waals surface area contributed by atoms with Crippen LogP contribution in [0.1, 0.15) is 12.0 Å². The van der Waals surface area contributed by atoms with Crippen LogP contribution in [0.2, 0.25) is 0 Å². The van der Waals surface area contributed by atoms with Crippen LogP contribution in [0.5, 0.6) is 5.75 Å². The zero-order valence-corrected chi connectivity index (χ0v) is 9.70. The quantitative estimate of drug-likeness (QED) is 0.818. The van der Waals surface area contributed by atoms with Gasteiger partial charge in [0, 0.05) is 19.6 Å². The number of rotatable bonds is 2. The van der Waals surface area contributed by atoms with E-state index in [9.17, 15) is 0 Å². The first-order chi connectivity index (χ1) is 7.83. The van der Waals surface area contributed by atoms with Crippen molar-refractivity contribution < 1.29 is 4.74 Å². The van der Waals surface area contributed by atoms with Gasteiger partial charge in [-0.15, -0.1) is 0 Å². The fraction of sp³-hybridized carbons (Fsp3) is 0.538. The summed E-state index contributed by atoms with van der Waals surface area (Å²) in [4.78, 5) is 2.32. The first-order valence-corrected chi connectivity index (χ1v) is 6.04. The molecular formula is C13H18N2O. The number of ether oxygens (including phenoxy) is 1. The lowest BCUT2D eigenvalue weighted by Crippen LogP contribution is -2.21. The molecule has 0 aromatic heterocycles. The van der Waals surface area contributed by atoms with Gasteiger partial charge < -0.3 is 15.0 Å². The van der Waals surface area contributed by atoms with E-state index in [0.29, 0.717) is 6.10 Å². The number of nitrogens with one attached hydrogen (secondary N) is 1. The predicted molar refractivity (Wildman–Crippen MR) is 65.2 cm³/mol. The summed E-state index contributed by atoms with van der Waals surface area (Å²) < 4.78 is 6.08. The Morgan fingerprint density at radius 2 is 2.38 bits per heavy atom. The summed E-state index contributed by atoms with van der Waals surface area (Å²) in [5.41, 5.74) is 2.61. The second-order valence-corrected chi connectivity index (χ2v) is 4.76. The van der Waals surface area contributed by atoms with Gasteiger partial charge in [0.25, 0.3) is 0 Å². The van der Waals surface area contributed by atoms with E-state index in [1.54, 1.807) is 0 Å². The summed E-state index contributed by atoms with van der Waals surface area (Å²) >= 11 is 0. The van der Waals surface area contributed by atoms with E-state index < -0.39 is 0 Å². The van der Waals surface area contributed by atoms with Crippen LogP contribution < -0.4 is 10.1 Å². The van der Waals surface area contributed by atoms with Crippen LogP contribution in [-0.2, 0) is 6.42 Å². The zero-order chi connectivity index (χ0) is 11.0. The topological polar surface area (TPSA) is 24.5 Å². The van der Waals surface area contributed by atoms with E-state index in [4.69, 9.17) is 4.74 Å². The molecule has 0 bridgehead atoms. The number of para-hydroxylation sites is 1. The van der Waals surface area contributed by atoms with Crippen LogP contribution in [0.25, 0.3) is 0 Å². The van der Waals surface area contributed by atoms with Gasteiger partial charge in [0.1, 0.15) is 11.9 Å². The molecule has 2 heterocycles. The molecule has 3 rings (SSSR count). The number of anilines is 1. The van der Waals surface area contributed by atoms with Gasteiger partial charge in [-0.2, -0.15) is 0 Å². The lowest BCUT2D eigenvalue weighted by Gasteiger charge is -2.16. The highest BCUT2D eigenvalue weighted by molar-refractivity contribution is 5.65. The Hall–Kier alpha value is -1.22. The number of benzene rings is 1. The van der Waals surface area contributed by atoms with E-state index in [0.717, 1.165) is 38.2 Å². The van der Waals surface area contributed by atoms with Gasteiger partial charge in [-0.3, -0.25) is 0 Å². The number of likely N-dealkylation sites (N-methyl/N-ethyl adjacent to an activating group) is 1. The lowest BCUT2D eigenvalue weighted by atomic mass is 10.1. The minimum Gasteiger partial charge on any atom is -0.487 e. The second kappa shape index (κ2) is 3.98. The predicted octanol–water partition coefficient (Wildman–Crippen LogP) is 1.74. The molecule has 86 valence electrons. The minimum absolute atomic E-state index is 0.360. The van der Waals surface area contributed by atoms with Gasteiger partial charge >= 0.3 is 0 Å². The number of likely N-dealkylation sites (tertiary alicyclic amines) is 1. The highest BCUT2D eigenvalue weighted by Gasteiger charge is 2.23. The number of nitrogens with zero attached hydrogens (tertiary/aromatic N) is 1. The first-order valence-electron chi connectivity index (χ1n) is 6.04. The van der Waals surface area contributed by atoms with Crippen molar-refractivity contribution in [2.24, 2.45) is 0 Å². The van der Waals surface area contributed by atoms with Gasteiger partial charge in [0.15, 0.2) is 0 Å². The highest BCUT2D eigenvalue weighted by atomic mass is 16.5. The average molecular weight is 218 g/mol. The monoisotopic (exact) mass is 218 g/mol. The van der Waals surface area contributed by atoms with Gasteiger partial charge in [0.05, 0.1) is 5.69 Å². The third-order valence-electron chi connectivity index (χ3n) is 3.45. The minimum atomic E-state index is 0.360. The Morgan fingerprint density at radius 1 is 1.44 bits per heavy atom. The fourth-order valence-corrected chi connectivity index (χ4v) is 2.58. The maximum atomic E-state index is 6.08. The van der Waals surface area contributed by atoms with Crippen molar-refractivity contribution >= 4 is 5.69 Å². The van der Waals surface area contributed by atoms with Gasteiger partial charge in [0.2, 0.25) is 0 Å². The summed E-state index contributed by atoms with van der Waals surface area (Å²) in [7, 11) is 2.15. The molecule has 3 heteroatoms. The molecule has 1 N–H and O–H groups in total. The molecule has 1 unspecified atom stereocenters. The number of fused-ring (bicyclic) bond motifs is 1. The van der Waals surface area contributed by atoms with Crippen LogP contribution in [-0.4, -0.2) is 37.7 Å². The van der Waals surface area contributed by atoms with Crippen LogP contribution in [0.3, 0.4) is 0 Å². The molecular weight excluding hydrogens is 200 g/mol. The van der Waals surface area contributed by atoms with Crippen molar-refractivity contribution in [3.8, 4) is 5.75 Å². The van der Waals surface area contributed by atoms with Crippen molar-refractivity contribution in [2.75, 3.05) is 32.0 Å². The SMILES string of the molecule is CN1CCC(Oc2cccc3c2NCC3)C1. The van der Waals surface area contributed by atoms with E-state index in [2.05, 4.69) is 35.5 Å². The van der Waals surface area contributed by atoms with Crippen LogP contribution in [0, 0.1) is 0 Å².